The summed E-state index contributed by atoms with van der Waals surface area (Å²) in [5.41, 5.74) is 3.27. The molecule has 2 aromatic heterocycles. The summed E-state index contributed by atoms with van der Waals surface area (Å²) in [7, 11) is -2.46. The SMILES string of the molecule is COc1cc(CF)c2c(ccn2S(=O)(=O)c2ccc(C)cc2)c1Cn1cc2ccc(C#N)cc2n1. The monoisotopic (exact) mass is 488 g/mol. The topological polar surface area (TPSA) is 89.9 Å². The van der Waals surface area contributed by atoms with Crippen LogP contribution in [0.25, 0.3) is 21.8 Å². The number of rotatable bonds is 6. The first kappa shape index (κ1) is 22.6. The fraction of sp³-hybridized carbons (Fsp3) is 0.154. The third-order valence-electron chi connectivity index (χ3n) is 6.03. The maximum absolute atomic E-state index is 14.1. The summed E-state index contributed by atoms with van der Waals surface area (Å²) in [4.78, 5) is 0.120. The molecular weight excluding hydrogens is 467 g/mol. The van der Waals surface area contributed by atoms with Gasteiger partial charge < -0.3 is 4.74 Å². The summed E-state index contributed by atoms with van der Waals surface area (Å²) in [6.45, 7) is 1.28. The highest BCUT2D eigenvalue weighted by Gasteiger charge is 2.24. The number of aromatic nitrogens is 3. The van der Waals surface area contributed by atoms with E-state index >= 15 is 0 Å². The lowest BCUT2D eigenvalue weighted by atomic mass is 10.0. The van der Waals surface area contributed by atoms with Crippen LogP contribution in [0.2, 0.25) is 0 Å². The Labute approximate surface area is 201 Å². The fourth-order valence-corrected chi connectivity index (χ4v) is 5.65. The first-order valence-electron chi connectivity index (χ1n) is 10.8. The van der Waals surface area contributed by atoms with Crippen molar-refractivity contribution in [2.75, 3.05) is 7.11 Å². The molecule has 0 spiro atoms. The van der Waals surface area contributed by atoms with Crippen molar-refractivity contribution in [3.63, 3.8) is 0 Å². The van der Waals surface area contributed by atoms with Crippen molar-refractivity contribution < 1.29 is 17.5 Å². The maximum atomic E-state index is 14.1. The Hall–Kier alpha value is -4.16. The predicted octanol–water partition coefficient (Wildman–Crippen LogP) is 4.93. The predicted molar refractivity (Wildman–Crippen MR) is 131 cm³/mol. The molecule has 3 aromatic carbocycles. The standard InChI is InChI=1S/C26H21FN4O3S/c1-17-3-7-21(8-4-17)35(32,33)31-10-9-22-23(25(34-2)12-20(13-27)26(22)31)16-30-15-19-6-5-18(14-28)11-24(19)29-30/h3-12,15H,13,16H2,1-2H3. The number of aryl methyl sites for hydroxylation is 1. The van der Waals surface area contributed by atoms with E-state index < -0.39 is 16.7 Å². The van der Waals surface area contributed by atoms with E-state index in [0.29, 0.717) is 27.8 Å². The minimum absolute atomic E-state index is 0.120. The molecule has 9 heteroatoms. The first-order chi connectivity index (χ1) is 16.8. The van der Waals surface area contributed by atoms with Gasteiger partial charge >= 0.3 is 0 Å². The van der Waals surface area contributed by atoms with Gasteiger partial charge in [-0.3, -0.25) is 4.68 Å². The van der Waals surface area contributed by atoms with Gasteiger partial charge in [-0.15, -0.1) is 0 Å². The van der Waals surface area contributed by atoms with Gasteiger partial charge in [0, 0.05) is 34.3 Å². The summed E-state index contributed by atoms with van der Waals surface area (Å²) < 4.78 is 49.4. The first-order valence-corrected chi connectivity index (χ1v) is 12.2. The molecule has 0 aliphatic rings. The summed E-state index contributed by atoms with van der Waals surface area (Å²) in [5, 5.41) is 15.1. The minimum atomic E-state index is -3.95. The largest absolute Gasteiger partial charge is 0.496 e. The molecule has 0 amide bonds. The Morgan fingerprint density at radius 1 is 1.11 bits per heavy atom. The van der Waals surface area contributed by atoms with E-state index in [4.69, 9.17) is 10.00 Å². The highest BCUT2D eigenvalue weighted by Crippen LogP contribution is 2.35. The van der Waals surface area contributed by atoms with E-state index in [1.807, 2.05) is 19.2 Å². The molecule has 5 aromatic rings. The van der Waals surface area contributed by atoms with Crippen LogP contribution in [0.15, 0.2) is 71.9 Å². The zero-order valence-electron chi connectivity index (χ0n) is 19.1. The number of methoxy groups -OCH3 is 1. The van der Waals surface area contributed by atoms with Gasteiger partial charge in [0.15, 0.2) is 0 Å². The lowest BCUT2D eigenvalue weighted by molar-refractivity contribution is 0.406. The number of hydrogen-bond acceptors (Lipinski definition) is 5. The Morgan fingerprint density at radius 2 is 1.89 bits per heavy atom. The Balaban J connectivity index is 1.68. The minimum Gasteiger partial charge on any atom is -0.496 e. The van der Waals surface area contributed by atoms with Crippen molar-refractivity contribution in [3.8, 4) is 11.8 Å². The molecule has 176 valence electrons. The van der Waals surface area contributed by atoms with E-state index in [0.717, 1.165) is 14.9 Å². The molecule has 35 heavy (non-hydrogen) atoms. The number of halogens is 1. The van der Waals surface area contributed by atoms with Gasteiger partial charge in [-0.25, -0.2) is 16.8 Å². The second-order valence-electron chi connectivity index (χ2n) is 8.25. The highest BCUT2D eigenvalue weighted by atomic mass is 32.2. The van der Waals surface area contributed by atoms with Crippen molar-refractivity contribution in [2.45, 2.75) is 25.0 Å². The molecule has 0 saturated carbocycles. The number of alkyl halides is 1. The number of benzene rings is 3. The molecule has 0 fully saturated rings. The Kier molecular flexibility index (Phi) is 5.53. The summed E-state index contributed by atoms with van der Waals surface area (Å²) >= 11 is 0. The molecule has 5 rings (SSSR count). The number of fused-ring (bicyclic) bond motifs is 2. The number of ether oxygens (including phenoxy) is 1. The number of hydrogen-bond donors (Lipinski definition) is 0. The van der Waals surface area contributed by atoms with Gasteiger partial charge in [0.2, 0.25) is 0 Å². The van der Waals surface area contributed by atoms with Crippen molar-refractivity contribution in [1.29, 1.82) is 5.26 Å². The van der Waals surface area contributed by atoms with Crippen LogP contribution in [0.3, 0.4) is 0 Å². The molecule has 2 heterocycles. The lowest BCUT2D eigenvalue weighted by Gasteiger charge is -2.15. The maximum Gasteiger partial charge on any atom is 0.268 e. The molecular formula is C26H21FN4O3S. The van der Waals surface area contributed by atoms with Crippen LogP contribution in [-0.4, -0.2) is 29.3 Å². The summed E-state index contributed by atoms with van der Waals surface area (Å²) in [5.74, 6) is 0.438. The zero-order valence-corrected chi connectivity index (χ0v) is 19.9. The van der Waals surface area contributed by atoms with E-state index in [1.165, 1.54) is 19.4 Å². The zero-order chi connectivity index (χ0) is 24.7. The molecule has 0 unspecified atom stereocenters. The van der Waals surface area contributed by atoms with E-state index in [9.17, 15) is 12.8 Å². The summed E-state index contributed by atoms with van der Waals surface area (Å²) in [6.07, 6.45) is 3.28. The van der Waals surface area contributed by atoms with Crippen LogP contribution in [0, 0.1) is 18.3 Å². The van der Waals surface area contributed by atoms with Crippen molar-refractivity contribution in [2.24, 2.45) is 0 Å². The second kappa shape index (κ2) is 8.56. The highest BCUT2D eigenvalue weighted by molar-refractivity contribution is 7.90. The van der Waals surface area contributed by atoms with Gasteiger partial charge in [-0.05, 0) is 49.4 Å². The Morgan fingerprint density at radius 3 is 2.57 bits per heavy atom. The lowest BCUT2D eigenvalue weighted by Crippen LogP contribution is -2.13. The third kappa shape index (κ3) is 3.82. The quantitative estimate of drug-likeness (QED) is 0.338. The third-order valence-corrected chi connectivity index (χ3v) is 7.72. The van der Waals surface area contributed by atoms with Gasteiger partial charge in [-0.1, -0.05) is 17.7 Å². The van der Waals surface area contributed by atoms with Crippen LogP contribution in [0.5, 0.6) is 5.75 Å². The number of nitrogens with zero attached hydrogens (tertiary/aromatic N) is 4. The van der Waals surface area contributed by atoms with Crippen LogP contribution in [0.4, 0.5) is 4.39 Å². The number of nitriles is 1. The van der Waals surface area contributed by atoms with Gasteiger partial charge in [-0.2, -0.15) is 10.4 Å². The van der Waals surface area contributed by atoms with Gasteiger partial charge in [0.1, 0.15) is 12.4 Å². The average Bonchev–Trinajstić information content (AvgIpc) is 3.48. The molecule has 0 bridgehead atoms. The van der Waals surface area contributed by atoms with Crippen molar-refractivity contribution in [3.05, 3.63) is 89.2 Å². The van der Waals surface area contributed by atoms with E-state index in [1.54, 1.807) is 47.1 Å². The van der Waals surface area contributed by atoms with Crippen LogP contribution >= 0.6 is 0 Å². The molecule has 0 N–H and O–H groups in total. The Bertz CT molecular complexity index is 1730. The molecule has 0 saturated heterocycles. The molecule has 0 atom stereocenters. The average molecular weight is 489 g/mol. The summed E-state index contributed by atoms with van der Waals surface area (Å²) in [6, 6.07) is 17.1. The fourth-order valence-electron chi connectivity index (χ4n) is 4.27. The smallest absolute Gasteiger partial charge is 0.268 e. The van der Waals surface area contributed by atoms with Crippen LogP contribution < -0.4 is 4.74 Å². The van der Waals surface area contributed by atoms with E-state index in [2.05, 4.69) is 11.2 Å². The van der Waals surface area contributed by atoms with E-state index in [-0.39, 0.29) is 22.5 Å². The van der Waals surface area contributed by atoms with Crippen molar-refractivity contribution in [1.82, 2.24) is 13.8 Å². The molecule has 0 aliphatic heterocycles. The van der Waals surface area contributed by atoms with Gasteiger partial charge in [0.25, 0.3) is 10.0 Å². The van der Waals surface area contributed by atoms with Crippen LogP contribution in [-0.2, 0) is 23.2 Å². The van der Waals surface area contributed by atoms with Crippen molar-refractivity contribution >= 4 is 31.8 Å². The molecule has 7 nitrogen and oxygen atoms in total. The van der Waals surface area contributed by atoms with Gasteiger partial charge in [0.05, 0.1) is 41.2 Å². The molecule has 0 aliphatic carbocycles. The molecule has 0 radical (unpaired) electrons. The van der Waals surface area contributed by atoms with Crippen LogP contribution in [0.1, 0.15) is 22.3 Å². The normalized spacial score (nSPS) is 11.7. The second-order valence-corrected chi connectivity index (χ2v) is 10.1.